The molecule has 1 amide bonds. The summed E-state index contributed by atoms with van der Waals surface area (Å²) in [5.41, 5.74) is 3.05. The number of nitrogens with two attached hydrogens (primary N) is 1. The molecule has 0 aromatic heterocycles. The van der Waals surface area contributed by atoms with Crippen LogP contribution in [0.3, 0.4) is 0 Å². The highest BCUT2D eigenvalue weighted by Gasteiger charge is 2.41. The molecule has 0 spiro atoms. The van der Waals surface area contributed by atoms with E-state index in [1.54, 1.807) is 6.92 Å². The van der Waals surface area contributed by atoms with Gasteiger partial charge in [-0.1, -0.05) is 25.1 Å². The number of hydrogen-bond acceptors (Lipinski definition) is 1. The highest BCUT2D eigenvalue weighted by molar-refractivity contribution is 5.86. The Bertz CT molecular complexity index is 428. The molecule has 1 unspecified atom stereocenters. The summed E-state index contributed by atoms with van der Waals surface area (Å²) in [6, 6.07) is 5.04. The number of carbonyl (C=O) groups excluding carboxylic acids is 1. The third-order valence-corrected chi connectivity index (χ3v) is 3.08. The van der Waals surface area contributed by atoms with Crippen LogP contribution in [0, 0.1) is 0 Å². The van der Waals surface area contributed by atoms with Crippen LogP contribution in [-0.2, 0) is 16.4 Å². The topological polar surface area (TPSA) is 43.1 Å². The molecule has 17 heavy (non-hydrogen) atoms. The molecule has 5 heteroatoms. The van der Waals surface area contributed by atoms with Gasteiger partial charge < -0.3 is 5.73 Å². The van der Waals surface area contributed by atoms with E-state index in [0.717, 1.165) is 6.07 Å². The van der Waals surface area contributed by atoms with E-state index >= 15 is 0 Å². The van der Waals surface area contributed by atoms with Crippen LogP contribution in [0.2, 0.25) is 0 Å². The number of amides is 1. The lowest BCUT2D eigenvalue weighted by Gasteiger charge is -2.28. The molecule has 0 bridgehead atoms. The number of hydrogen-bond donors (Lipinski definition) is 1. The Hall–Kier alpha value is -1.52. The summed E-state index contributed by atoms with van der Waals surface area (Å²) in [6.45, 7) is 3.07. The summed E-state index contributed by atoms with van der Waals surface area (Å²) in [7, 11) is 0. The standard InChI is InChI=1S/C12H14F3NO/c1-3-11(2,10(16)17)8-6-4-5-7-9(8)12(13,14)15/h4-7H,3H2,1-2H3,(H2,16,17). The van der Waals surface area contributed by atoms with E-state index in [-0.39, 0.29) is 12.0 Å². The zero-order valence-corrected chi connectivity index (χ0v) is 9.64. The fourth-order valence-corrected chi connectivity index (χ4v) is 1.71. The fraction of sp³-hybridized carbons (Fsp3) is 0.417. The molecule has 0 radical (unpaired) electrons. The number of halogens is 3. The molecule has 94 valence electrons. The van der Waals surface area contributed by atoms with Gasteiger partial charge >= 0.3 is 6.18 Å². The summed E-state index contributed by atoms with van der Waals surface area (Å²) in [5.74, 6) is -0.753. The second kappa shape index (κ2) is 4.39. The molecule has 2 N–H and O–H groups in total. The molecule has 0 aliphatic rings. The fourth-order valence-electron chi connectivity index (χ4n) is 1.71. The summed E-state index contributed by atoms with van der Waals surface area (Å²) < 4.78 is 38.5. The van der Waals surface area contributed by atoms with Gasteiger partial charge in [0.15, 0.2) is 0 Å². The summed E-state index contributed by atoms with van der Waals surface area (Å²) >= 11 is 0. The Morgan fingerprint density at radius 3 is 2.06 bits per heavy atom. The number of alkyl halides is 3. The second-order valence-corrected chi connectivity index (χ2v) is 4.09. The maximum absolute atomic E-state index is 12.8. The van der Waals surface area contributed by atoms with Crippen LogP contribution in [0.15, 0.2) is 24.3 Å². The molecular weight excluding hydrogens is 231 g/mol. The van der Waals surface area contributed by atoms with Crippen LogP contribution in [0.5, 0.6) is 0 Å². The molecule has 0 saturated heterocycles. The monoisotopic (exact) mass is 245 g/mol. The quantitative estimate of drug-likeness (QED) is 0.874. The lowest BCUT2D eigenvalue weighted by Crippen LogP contribution is -2.39. The minimum Gasteiger partial charge on any atom is -0.369 e. The van der Waals surface area contributed by atoms with Crippen molar-refractivity contribution >= 4 is 5.91 Å². The van der Waals surface area contributed by atoms with Crippen LogP contribution in [0.1, 0.15) is 31.4 Å². The van der Waals surface area contributed by atoms with Crippen molar-refractivity contribution in [1.82, 2.24) is 0 Å². The van der Waals surface area contributed by atoms with E-state index in [9.17, 15) is 18.0 Å². The van der Waals surface area contributed by atoms with Gasteiger partial charge in [0, 0.05) is 0 Å². The normalized spacial score (nSPS) is 15.4. The van der Waals surface area contributed by atoms with Crippen molar-refractivity contribution in [2.75, 3.05) is 0 Å². The molecular formula is C12H14F3NO. The molecule has 1 aromatic rings. The van der Waals surface area contributed by atoms with Gasteiger partial charge in [-0.3, -0.25) is 4.79 Å². The van der Waals surface area contributed by atoms with E-state index in [1.807, 2.05) is 0 Å². The van der Waals surface area contributed by atoms with Crippen LogP contribution in [-0.4, -0.2) is 5.91 Å². The molecule has 1 atom stereocenters. The molecule has 0 saturated carbocycles. The van der Waals surface area contributed by atoms with Crippen molar-refractivity contribution in [3.63, 3.8) is 0 Å². The van der Waals surface area contributed by atoms with Gasteiger partial charge in [0.1, 0.15) is 0 Å². The van der Waals surface area contributed by atoms with Crippen molar-refractivity contribution in [2.24, 2.45) is 5.73 Å². The van der Waals surface area contributed by atoms with Gasteiger partial charge in [-0.2, -0.15) is 13.2 Å². The van der Waals surface area contributed by atoms with Crippen molar-refractivity contribution in [1.29, 1.82) is 0 Å². The molecule has 1 rings (SSSR count). The number of primary amides is 1. The first kappa shape index (κ1) is 13.5. The highest BCUT2D eigenvalue weighted by Crippen LogP contribution is 2.38. The van der Waals surface area contributed by atoms with E-state index in [1.165, 1.54) is 25.1 Å². The lowest BCUT2D eigenvalue weighted by atomic mass is 9.77. The van der Waals surface area contributed by atoms with Crippen LogP contribution in [0.25, 0.3) is 0 Å². The average Bonchev–Trinajstić information content (AvgIpc) is 2.26. The zero-order valence-electron chi connectivity index (χ0n) is 9.64. The Morgan fingerprint density at radius 1 is 1.24 bits per heavy atom. The third-order valence-electron chi connectivity index (χ3n) is 3.08. The predicted molar refractivity (Wildman–Crippen MR) is 58.3 cm³/mol. The molecule has 1 aromatic carbocycles. The molecule has 0 aliphatic carbocycles. The smallest absolute Gasteiger partial charge is 0.369 e. The van der Waals surface area contributed by atoms with Crippen molar-refractivity contribution < 1.29 is 18.0 Å². The maximum Gasteiger partial charge on any atom is 0.416 e. The van der Waals surface area contributed by atoms with Gasteiger partial charge in [-0.05, 0) is 25.0 Å². The van der Waals surface area contributed by atoms with Gasteiger partial charge in [0.25, 0.3) is 0 Å². The highest BCUT2D eigenvalue weighted by atomic mass is 19.4. The minimum absolute atomic E-state index is 0.0671. The van der Waals surface area contributed by atoms with Crippen LogP contribution in [0.4, 0.5) is 13.2 Å². The Labute approximate surface area is 97.6 Å². The molecule has 0 fully saturated rings. The van der Waals surface area contributed by atoms with Gasteiger partial charge in [-0.25, -0.2) is 0 Å². The third kappa shape index (κ3) is 2.43. The van der Waals surface area contributed by atoms with E-state index in [2.05, 4.69) is 0 Å². The number of rotatable bonds is 3. The molecule has 0 heterocycles. The predicted octanol–water partition coefficient (Wildman–Crippen LogP) is 2.86. The first-order valence-corrected chi connectivity index (χ1v) is 5.20. The largest absolute Gasteiger partial charge is 0.416 e. The van der Waals surface area contributed by atoms with Crippen molar-refractivity contribution in [3.8, 4) is 0 Å². The average molecular weight is 245 g/mol. The Kier molecular flexibility index (Phi) is 3.50. The Balaban J connectivity index is 3.46. The maximum atomic E-state index is 12.8. The van der Waals surface area contributed by atoms with E-state index in [0.29, 0.717) is 0 Å². The number of benzene rings is 1. The first-order chi connectivity index (χ1) is 7.73. The van der Waals surface area contributed by atoms with E-state index < -0.39 is 23.1 Å². The van der Waals surface area contributed by atoms with Gasteiger partial charge in [-0.15, -0.1) is 0 Å². The summed E-state index contributed by atoms with van der Waals surface area (Å²) in [6.07, 6.45) is -4.27. The SMILES string of the molecule is CCC(C)(C(N)=O)c1ccccc1C(F)(F)F. The first-order valence-electron chi connectivity index (χ1n) is 5.20. The number of carbonyl (C=O) groups is 1. The van der Waals surface area contributed by atoms with E-state index in [4.69, 9.17) is 5.73 Å². The molecule has 2 nitrogen and oxygen atoms in total. The second-order valence-electron chi connectivity index (χ2n) is 4.09. The summed E-state index contributed by atoms with van der Waals surface area (Å²) in [4.78, 5) is 11.4. The van der Waals surface area contributed by atoms with Crippen molar-refractivity contribution in [3.05, 3.63) is 35.4 Å². The van der Waals surface area contributed by atoms with Crippen LogP contribution < -0.4 is 5.73 Å². The van der Waals surface area contributed by atoms with Gasteiger partial charge in [0.05, 0.1) is 11.0 Å². The van der Waals surface area contributed by atoms with Crippen LogP contribution >= 0.6 is 0 Å². The summed E-state index contributed by atoms with van der Waals surface area (Å²) in [5, 5.41) is 0. The molecule has 0 aliphatic heterocycles. The minimum atomic E-state index is -4.48. The Morgan fingerprint density at radius 2 is 1.71 bits per heavy atom. The van der Waals surface area contributed by atoms with Gasteiger partial charge in [0.2, 0.25) is 5.91 Å². The van der Waals surface area contributed by atoms with Crippen molar-refractivity contribution in [2.45, 2.75) is 31.9 Å². The lowest BCUT2D eigenvalue weighted by molar-refractivity contribution is -0.139. The zero-order chi connectivity index (χ0) is 13.3.